The molecular weight excluding hydrogens is 286 g/mol. The summed E-state index contributed by atoms with van der Waals surface area (Å²) in [6, 6.07) is 10.3. The van der Waals surface area contributed by atoms with Crippen LogP contribution >= 0.6 is 22.7 Å². The van der Waals surface area contributed by atoms with Gasteiger partial charge in [-0.3, -0.25) is 0 Å². The standard InChI is InChI=1S/C15H11N3S2/c1-8-2-3-10-9(6-8)14(16)18-15(17-10)13-7-12-11(20-13)4-5-19-12/h2-7H,1H3,(H2,16,17,18). The molecule has 0 spiro atoms. The number of hydrogen-bond donors (Lipinski definition) is 1. The van der Waals surface area contributed by atoms with Gasteiger partial charge in [-0.15, -0.1) is 22.7 Å². The van der Waals surface area contributed by atoms with Gasteiger partial charge in [0.2, 0.25) is 0 Å². The van der Waals surface area contributed by atoms with Gasteiger partial charge in [-0.1, -0.05) is 11.6 Å². The number of anilines is 1. The number of rotatable bonds is 1. The summed E-state index contributed by atoms with van der Waals surface area (Å²) < 4.78 is 2.55. The fourth-order valence-corrected chi connectivity index (χ4v) is 4.29. The zero-order valence-electron chi connectivity index (χ0n) is 10.8. The Bertz CT molecular complexity index is 908. The van der Waals surface area contributed by atoms with Crippen LogP contribution in [0.4, 0.5) is 5.82 Å². The molecule has 0 fully saturated rings. The van der Waals surface area contributed by atoms with E-state index in [9.17, 15) is 0 Å². The van der Waals surface area contributed by atoms with Crippen molar-refractivity contribution < 1.29 is 0 Å². The molecule has 20 heavy (non-hydrogen) atoms. The topological polar surface area (TPSA) is 51.8 Å². The highest BCUT2D eigenvalue weighted by Crippen LogP contribution is 2.35. The second-order valence-corrected chi connectivity index (χ2v) is 6.74. The van der Waals surface area contributed by atoms with E-state index in [1.165, 1.54) is 9.40 Å². The van der Waals surface area contributed by atoms with Gasteiger partial charge in [0, 0.05) is 14.8 Å². The van der Waals surface area contributed by atoms with E-state index in [1.54, 1.807) is 22.7 Å². The molecule has 0 aliphatic rings. The molecule has 4 aromatic rings. The van der Waals surface area contributed by atoms with E-state index in [2.05, 4.69) is 27.5 Å². The SMILES string of the molecule is Cc1ccc2nc(-c3cc4sccc4s3)nc(N)c2c1. The van der Waals surface area contributed by atoms with Gasteiger partial charge in [0.15, 0.2) is 5.82 Å². The van der Waals surface area contributed by atoms with Crippen molar-refractivity contribution in [1.82, 2.24) is 9.97 Å². The van der Waals surface area contributed by atoms with E-state index in [0.29, 0.717) is 11.6 Å². The van der Waals surface area contributed by atoms with Crippen molar-refractivity contribution in [2.45, 2.75) is 6.92 Å². The minimum absolute atomic E-state index is 0.547. The molecule has 0 saturated heterocycles. The highest BCUT2D eigenvalue weighted by Gasteiger charge is 2.11. The molecule has 0 unspecified atom stereocenters. The second kappa shape index (κ2) is 4.26. The summed E-state index contributed by atoms with van der Waals surface area (Å²) in [4.78, 5) is 10.2. The molecule has 3 nitrogen and oxygen atoms in total. The zero-order valence-corrected chi connectivity index (χ0v) is 12.4. The smallest absolute Gasteiger partial charge is 0.172 e. The third-order valence-electron chi connectivity index (χ3n) is 3.24. The van der Waals surface area contributed by atoms with Crippen LogP contribution in [0.1, 0.15) is 5.56 Å². The number of thiophene rings is 2. The lowest BCUT2D eigenvalue weighted by Crippen LogP contribution is -1.97. The summed E-state index contributed by atoms with van der Waals surface area (Å²) in [6.07, 6.45) is 0. The van der Waals surface area contributed by atoms with Crippen molar-refractivity contribution in [3.8, 4) is 10.7 Å². The van der Waals surface area contributed by atoms with E-state index in [1.807, 2.05) is 25.1 Å². The Morgan fingerprint density at radius 1 is 1.05 bits per heavy atom. The van der Waals surface area contributed by atoms with Crippen LogP contribution in [-0.4, -0.2) is 9.97 Å². The van der Waals surface area contributed by atoms with E-state index >= 15 is 0 Å². The average molecular weight is 297 g/mol. The molecule has 0 bridgehead atoms. The first-order valence-electron chi connectivity index (χ1n) is 6.22. The zero-order chi connectivity index (χ0) is 13.7. The Balaban J connectivity index is 1.96. The quantitative estimate of drug-likeness (QED) is 0.564. The summed E-state index contributed by atoms with van der Waals surface area (Å²) in [5, 5.41) is 3.02. The minimum atomic E-state index is 0.547. The normalized spacial score (nSPS) is 11.4. The molecule has 0 saturated carbocycles. The number of aromatic nitrogens is 2. The van der Waals surface area contributed by atoms with Crippen molar-refractivity contribution >= 4 is 48.8 Å². The molecule has 5 heteroatoms. The number of aryl methyl sites for hydroxylation is 1. The highest BCUT2D eigenvalue weighted by atomic mass is 32.1. The number of hydrogen-bond acceptors (Lipinski definition) is 5. The molecule has 98 valence electrons. The maximum atomic E-state index is 6.09. The maximum absolute atomic E-state index is 6.09. The molecule has 0 aliphatic heterocycles. The molecule has 4 rings (SSSR count). The monoisotopic (exact) mass is 297 g/mol. The van der Waals surface area contributed by atoms with Crippen LogP contribution in [0.3, 0.4) is 0 Å². The van der Waals surface area contributed by atoms with Crippen molar-refractivity contribution in [1.29, 1.82) is 0 Å². The first-order chi connectivity index (χ1) is 9.70. The third-order valence-corrected chi connectivity index (χ3v) is 5.33. The molecule has 3 heterocycles. The lowest BCUT2D eigenvalue weighted by atomic mass is 10.1. The lowest BCUT2D eigenvalue weighted by molar-refractivity contribution is 1.24. The van der Waals surface area contributed by atoms with Crippen LogP contribution in [-0.2, 0) is 0 Å². The Labute approximate surface area is 123 Å². The van der Waals surface area contributed by atoms with Gasteiger partial charge in [-0.25, -0.2) is 9.97 Å². The van der Waals surface area contributed by atoms with Crippen LogP contribution in [0.2, 0.25) is 0 Å². The molecule has 3 aromatic heterocycles. The van der Waals surface area contributed by atoms with E-state index in [-0.39, 0.29) is 0 Å². The van der Waals surface area contributed by atoms with Crippen LogP contribution in [0.5, 0.6) is 0 Å². The first-order valence-corrected chi connectivity index (χ1v) is 7.91. The van der Waals surface area contributed by atoms with Gasteiger partial charge < -0.3 is 5.73 Å². The van der Waals surface area contributed by atoms with Gasteiger partial charge in [-0.05, 0) is 36.6 Å². The Morgan fingerprint density at radius 3 is 2.80 bits per heavy atom. The number of benzene rings is 1. The Hall–Kier alpha value is -1.98. The first kappa shape index (κ1) is 11.8. The minimum Gasteiger partial charge on any atom is -0.383 e. The van der Waals surface area contributed by atoms with Gasteiger partial charge in [-0.2, -0.15) is 0 Å². The maximum Gasteiger partial charge on any atom is 0.172 e. The lowest BCUT2D eigenvalue weighted by Gasteiger charge is -2.04. The highest BCUT2D eigenvalue weighted by molar-refractivity contribution is 7.28. The van der Waals surface area contributed by atoms with Crippen LogP contribution in [0.15, 0.2) is 35.7 Å². The molecule has 0 amide bonds. The van der Waals surface area contributed by atoms with Gasteiger partial charge in [0.05, 0.1) is 10.4 Å². The van der Waals surface area contributed by atoms with Crippen LogP contribution < -0.4 is 5.73 Å². The van der Waals surface area contributed by atoms with E-state index in [0.717, 1.165) is 21.3 Å². The van der Waals surface area contributed by atoms with Crippen LogP contribution in [0, 0.1) is 6.92 Å². The average Bonchev–Trinajstić information content (AvgIpc) is 3.00. The van der Waals surface area contributed by atoms with Gasteiger partial charge >= 0.3 is 0 Å². The predicted octanol–water partition coefficient (Wildman–Crippen LogP) is 4.46. The Morgan fingerprint density at radius 2 is 1.95 bits per heavy atom. The Kier molecular flexibility index (Phi) is 2.52. The molecule has 0 atom stereocenters. The molecule has 0 aliphatic carbocycles. The van der Waals surface area contributed by atoms with E-state index in [4.69, 9.17) is 5.73 Å². The van der Waals surface area contributed by atoms with Crippen molar-refractivity contribution in [3.63, 3.8) is 0 Å². The fraction of sp³-hybridized carbons (Fsp3) is 0.0667. The largest absolute Gasteiger partial charge is 0.383 e. The summed E-state index contributed by atoms with van der Waals surface area (Å²) in [7, 11) is 0. The summed E-state index contributed by atoms with van der Waals surface area (Å²) >= 11 is 3.44. The fourth-order valence-electron chi connectivity index (χ4n) is 2.25. The summed E-state index contributed by atoms with van der Waals surface area (Å²) in [5.74, 6) is 1.26. The second-order valence-electron chi connectivity index (χ2n) is 4.71. The molecule has 2 N–H and O–H groups in total. The number of nitrogen functional groups attached to an aromatic ring is 1. The third kappa shape index (κ3) is 1.78. The number of fused-ring (bicyclic) bond motifs is 2. The number of nitrogens with zero attached hydrogens (tertiary/aromatic N) is 2. The summed E-state index contributed by atoms with van der Waals surface area (Å²) in [5.41, 5.74) is 8.15. The molecular formula is C15H11N3S2. The molecule has 0 radical (unpaired) electrons. The van der Waals surface area contributed by atoms with Crippen molar-refractivity contribution in [3.05, 3.63) is 41.3 Å². The number of nitrogens with two attached hydrogens (primary N) is 1. The van der Waals surface area contributed by atoms with Crippen molar-refractivity contribution in [2.75, 3.05) is 5.73 Å². The van der Waals surface area contributed by atoms with Gasteiger partial charge in [0.25, 0.3) is 0 Å². The van der Waals surface area contributed by atoms with Crippen LogP contribution in [0.25, 0.3) is 31.0 Å². The predicted molar refractivity (Wildman–Crippen MR) is 87.4 cm³/mol. The van der Waals surface area contributed by atoms with E-state index < -0.39 is 0 Å². The van der Waals surface area contributed by atoms with Crippen molar-refractivity contribution in [2.24, 2.45) is 0 Å². The van der Waals surface area contributed by atoms with Gasteiger partial charge in [0.1, 0.15) is 5.82 Å². The summed E-state index contributed by atoms with van der Waals surface area (Å²) in [6.45, 7) is 2.04. The molecule has 1 aromatic carbocycles.